The fourth-order valence-electron chi connectivity index (χ4n) is 2.80. The van der Waals surface area contributed by atoms with E-state index in [1.54, 1.807) is 6.08 Å². The van der Waals surface area contributed by atoms with E-state index in [-0.39, 0.29) is 31.8 Å². The zero-order valence-electron chi connectivity index (χ0n) is 15.2. The number of carbonyl (C=O) groups excluding carboxylic acids is 1. The first-order valence-corrected chi connectivity index (χ1v) is 8.62. The highest BCUT2D eigenvalue weighted by Crippen LogP contribution is 2.58. The van der Waals surface area contributed by atoms with Crippen LogP contribution in [0.15, 0.2) is 28.9 Å². The normalized spacial score (nSPS) is 19.8. The topological polar surface area (TPSA) is 83.0 Å². The average molecular weight is 411 g/mol. The summed E-state index contributed by atoms with van der Waals surface area (Å²) in [5, 5.41) is 14.7. The van der Waals surface area contributed by atoms with Crippen molar-refractivity contribution in [3.63, 3.8) is 0 Å². The molecule has 0 aromatic heterocycles. The molecule has 1 heterocycles. The van der Waals surface area contributed by atoms with Crippen molar-refractivity contribution in [2.75, 3.05) is 19.7 Å². The number of nitrogens with zero attached hydrogens (tertiary/aromatic N) is 1. The van der Waals surface area contributed by atoms with Crippen LogP contribution < -0.4 is 10.6 Å². The Morgan fingerprint density at radius 2 is 2.00 bits per heavy atom. The summed E-state index contributed by atoms with van der Waals surface area (Å²) in [5.74, 6) is -3.28. The second kappa shape index (κ2) is 8.46. The third-order valence-corrected chi connectivity index (χ3v) is 4.63. The van der Waals surface area contributed by atoms with Crippen molar-refractivity contribution in [1.82, 2.24) is 10.6 Å². The molecule has 0 radical (unpaired) electrons. The van der Waals surface area contributed by atoms with Crippen LogP contribution in [0.25, 0.3) is 0 Å². The van der Waals surface area contributed by atoms with Crippen molar-refractivity contribution in [2.24, 2.45) is 10.4 Å². The first kappa shape index (κ1) is 22.1. The Kier molecular flexibility index (Phi) is 6.68. The number of hydrogen-bond donors (Lipinski definition) is 3. The molecule has 0 unspecified atom stereocenters. The average Bonchev–Trinajstić information content (AvgIpc) is 3.39. The number of urea groups is 1. The molecule has 2 amide bonds. The molecule has 28 heavy (non-hydrogen) atoms. The number of aliphatic imine (C=N–C) groups is 1. The Labute approximate surface area is 158 Å². The van der Waals surface area contributed by atoms with E-state index < -0.39 is 36.3 Å². The number of allylic oxidation sites excluding steroid dienone is 1. The lowest BCUT2D eigenvalue weighted by atomic mass is 9.92. The molecule has 1 fully saturated rings. The van der Waals surface area contributed by atoms with E-state index in [9.17, 15) is 31.9 Å². The van der Waals surface area contributed by atoms with Crippen LogP contribution >= 0.6 is 0 Å². The second-order valence-corrected chi connectivity index (χ2v) is 6.89. The van der Waals surface area contributed by atoms with E-state index in [0.29, 0.717) is 12.0 Å². The third kappa shape index (κ3) is 6.18. The summed E-state index contributed by atoms with van der Waals surface area (Å²) in [6.45, 7) is -1.10. The highest BCUT2D eigenvalue weighted by molar-refractivity contribution is 5.89. The standard InChI is InChI=1S/C17H22F5N3O3/c1-15(18,19)16(4-5-16)12(26)9-25-14(27)24-8-11-3-2-6-23-13(7-11)28-10-17(20,21)22/h2,6-7,12,26H,3-5,8-10H2,1H3,(H2,24,25,27)/t12-/m0/s1. The fraction of sp³-hybridized carbons (Fsp3) is 0.647. The Morgan fingerprint density at radius 1 is 1.32 bits per heavy atom. The van der Waals surface area contributed by atoms with Gasteiger partial charge in [-0.3, -0.25) is 0 Å². The molecule has 0 saturated heterocycles. The minimum absolute atomic E-state index is 0.0181. The van der Waals surface area contributed by atoms with Crippen LogP contribution in [-0.2, 0) is 4.74 Å². The summed E-state index contributed by atoms with van der Waals surface area (Å²) in [5.41, 5.74) is -0.972. The maximum Gasteiger partial charge on any atom is 0.422 e. The van der Waals surface area contributed by atoms with E-state index in [1.165, 1.54) is 12.3 Å². The van der Waals surface area contributed by atoms with Crippen molar-refractivity contribution >= 4 is 11.9 Å². The van der Waals surface area contributed by atoms with Crippen LogP contribution in [0.4, 0.5) is 26.7 Å². The fourth-order valence-corrected chi connectivity index (χ4v) is 2.80. The highest BCUT2D eigenvalue weighted by Gasteiger charge is 2.63. The number of halogens is 5. The molecule has 1 saturated carbocycles. The number of aliphatic hydroxyl groups is 1. The van der Waals surface area contributed by atoms with Gasteiger partial charge in [0.25, 0.3) is 5.92 Å². The van der Waals surface area contributed by atoms with Crippen LogP contribution in [0.5, 0.6) is 0 Å². The minimum atomic E-state index is -4.50. The second-order valence-electron chi connectivity index (χ2n) is 6.89. The predicted octanol–water partition coefficient (Wildman–Crippen LogP) is 2.90. The Hall–Kier alpha value is -2.17. The summed E-state index contributed by atoms with van der Waals surface area (Å²) in [6.07, 6.45) is -1.02. The summed E-state index contributed by atoms with van der Waals surface area (Å²) >= 11 is 0. The Morgan fingerprint density at radius 3 is 2.57 bits per heavy atom. The third-order valence-electron chi connectivity index (χ3n) is 4.63. The largest absolute Gasteiger partial charge is 0.468 e. The van der Waals surface area contributed by atoms with Gasteiger partial charge in [0.2, 0.25) is 5.90 Å². The number of aliphatic hydroxyl groups excluding tert-OH is 1. The van der Waals surface area contributed by atoms with E-state index in [0.717, 1.165) is 6.92 Å². The number of carbonyl (C=O) groups is 1. The first-order valence-electron chi connectivity index (χ1n) is 8.62. The molecule has 1 aliphatic carbocycles. The lowest BCUT2D eigenvalue weighted by molar-refractivity contribution is -0.155. The zero-order chi connectivity index (χ0) is 21.0. The van der Waals surface area contributed by atoms with Crippen LogP contribution in [0, 0.1) is 5.41 Å². The lowest BCUT2D eigenvalue weighted by Crippen LogP contribution is -2.46. The molecule has 6 nitrogen and oxygen atoms in total. The van der Waals surface area contributed by atoms with E-state index in [1.807, 2.05) is 0 Å². The minimum Gasteiger partial charge on any atom is -0.468 e. The van der Waals surface area contributed by atoms with Gasteiger partial charge < -0.3 is 20.5 Å². The van der Waals surface area contributed by atoms with Crippen molar-refractivity contribution in [3.05, 3.63) is 23.9 Å². The van der Waals surface area contributed by atoms with E-state index in [2.05, 4.69) is 20.4 Å². The molecule has 0 spiro atoms. The number of alkyl halides is 5. The number of ether oxygens (including phenoxy) is 1. The molecule has 1 atom stereocenters. The zero-order valence-corrected chi connectivity index (χ0v) is 15.2. The van der Waals surface area contributed by atoms with Crippen molar-refractivity contribution in [3.8, 4) is 0 Å². The summed E-state index contributed by atoms with van der Waals surface area (Å²) in [7, 11) is 0. The lowest BCUT2D eigenvalue weighted by Gasteiger charge is -2.28. The van der Waals surface area contributed by atoms with Gasteiger partial charge >= 0.3 is 12.2 Å². The monoisotopic (exact) mass is 411 g/mol. The number of rotatable bonds is 7. The first-order chi connectivity index (χ1) is 12.9. The maximum atomic E-state index is 13.5. The van der Waals surface area contributed by atoms with Gasteiger partial charge in [-0.1, -0.05) is 6.08 Å². The van der Waals surface area contributed by atoms with Crippen LogP contribution in [-0.4, -0.2) is 54.9 Å². The van der Waals surface area contributed by atoms with Gasteiger partial charge in [0, 0.05) is 32.3 Å². The van der Waals surface area contributed by atoms with Gasteiger partial charge in [-0.2, -0.15) is 13.2 Å². The van der Waals surface area contributed by atoms with Crippen molar-refractivity contribution in [2.45, 2.75) is 44.4 Å². The van der Waals surface area contributed by atoms with Gasteiger partial charge in [-0.05, 0) is 24.8 Å². The molecule has 0 aromatic rings. The van der Waals surface area contributed by atoms with Gasteiger partial charge in [-0.15, -0.1) is 0 Å². The van der Waals surface area contributed by atoms with E-state index >= 15 is 0 Å². The Balaban J connectivity index is 1.79. The summed E-state index contributed by atoms with van der Waals surface area (Å²) in [4.78, 5) is 15.6. The summed E-state index contributed by atoms with van der Waals surface area (Å²) in [6, 6.07) is -0.696. The van der Waals surface area contributed by atoms with E-state index in [4.69, 9.17) is 0 Å². The number of hydrogen-bond acceptors (Lipinski definition) is 4. The molecule has 0 aromatic carbocycles. The van der Waals surface area contributed by atoms with Gasteiger partial charge in [0.15, 0.2) is 6.61 Å². The van der Waals surface area contributed by atoms with Crippen molar-refractivity contribution in [1.29, 1.82) is 0 Å². The number of amides is 2. The molecule has 158 valence electrons. The predicted molar refractivity (Wildman–Crippen MR) is 91.0 cm³/mol. The number of nitrogens with one attached hydrogen (secondary N) is 2. The van der Waals surface area contributed by atoms with Crippen LogP contribution in [0.3, 0.4) is 0 Å². The van der Waals surface area contributed by atoms with Crippen molar-refractivity contribution < 1.29 is 36.6 Å². The molecule has 2 rings (SSSR count). The van der Waals surface area contributed by atoms with Gasteiger partial charge in [-0.25, -0.2) is 18.6 Å². The smallest absolute Gasteiger partial charge is 0.422 e. The van der Waals surface area contributed by atoms with Crippen LogP contribution in [0.1, 0.15) is 26.2 Å². The quantitative estimate of drug-likeness (QED) is 0.564. The molecule has 0 bridgehead atoms. The van der Waals surface area contributed by atoms with Crippen LogP contribution in [0.2, 0.25) is 0 Å². The molecule has 3 N–H and O–H groups in total. The highest BCUT2D eigenvalue weighted by atomic mass is 19.4. The van der Waals surface area contributed by atoms with Gasteiger partial charge in [0.1, 0.15) is 0 Å². The van der Waals surface area contributed by atoms with Gasteiger partial charge in [0.05, 0.1) is 11.5 Å². The molecule has 2 aliphatic rings. The molecular weight excluding hydrogens is 389 g/mol. The Bertz CT molecular complexity index is 664. The summed E-state index contributed by atoms with van der Waals surface area (Å²) < 4.78 is 68.3. The SMILES string of the molecule is CC(F)(F)C1([C@@H](O)CNC(=O)NCC2=CC(OCC(F)(F)F)=NC=CC2)CC1. The molecule has 1 aliphatic heterocycles. The molecular formula is C17H22F5N3O3. The maximum absolute atomic E-state index is 13.5. The molecule has 11 heteroatoms.